The lowest BCUT2D eigenvalue weighted by atomic mass is 10.4. The Morgan fingerprint density at radius 3 is 2.87 bits per heavy atom. The third-order valence-corrected chi connectivity index (χ3v) is 1.53. The molecule has 0 aromatic carbocycles. The monoisotopic (exact) mass is 206 g/mol. The van der Waals surface area contributed by atoms with Crippen LogP contribution in [0.15, 0.2) is 23.2 Å². The third-order valence-electron chi connectivity index (χ3n) is 1.53. The number of carbonyl (C=O) groups is 1. The Morgan fingerprint density at radius 1 is 1.40 bits per heavy atom. The van der Waals surface area contributed by atoms with Gasteiger partial charge in [-0.25, -0.2) is 9.61 Å². The van der Waals surface area contributed by atoms with Crippen molar-refractivity contribution >= 4 is 17.5 Å². The van der Waals surface area contributed by atoms with Crippen LogP contribution in [-0.2, 0) is 0 Å². The Labute approximate surface area is 83.5 Å². The lowest BCUT2D eigenvalue weighted by Crippen LogP contribution is -2.15. The molecule has 0 aliphatic heterocycles. The molecular weight excluding hydrogens is 200 g/mol. The summed E-state index contributed by atoms with van der Waals surface area (Å²) in [5.74, 6) is -0.324. The van der Waals surface area contributed by atoms with Gasteiger partial charge in [0.25, 0.3) is 5.91 Å². The first kappa shape index (κ1) is 9.06. The largest absolute Gasteiger partial charge is 0.379 e. The van der Waals surface area contributed by atoms with Gasteiger partial charge in [-0.2, -0.15) is 0 Å². The zero-order valence-corrected chi connectivity index (χ0v) is 7.41. The van der Waals surface area contributed by atoms with Crippen LogP contribution < -0.4 is 11.1 Å². The van der Waals surface area contributed by atoms with Gasteiger partial charge in [0.1, 0.15) is 0 Å². The van der Waals surface area contributed by atoms with Crippen LogP contribution in [0.25, 0.3) is 0 Å². The van der Waals surface area contributed by atoms with Gasteiger partial charge in [0, 0.05) is 12.4 Å². The summed E-state index contributed by atoms with van der Waals surface area (Å²) in [5, 5.41) is 9.04. The Balaban J connectivity index is 2.15. The first-order valence-electron chi connectivity index (χ1n) is 3.93. The van der Waals surface area contributed by atoms with Crippen molar-refractivity contribution in [3.05, 3.63) is 24.3 Å². The van der Waals surface area contributed by atoms with Crippen LogP contribution in [0.2, 0.25) is 0 Å². The molecule has 0 bridgehead atoms. The molecule has 0 saturated heterocycles. The number of amides is 1. The Kier molecular flexibility index (Phi) is 2.23. The van der Waals surface area contributed by atoms with Crippen LogP contribution in [0, 0.1) is 0 Å². The number of anilines is 2. The average molecular weight is 206 g/mol. The number of hydrogen-bond donors (Lipinski definition) is 2. The van der Waals surface area contributed by atoms with Crippen LogP contribution >= 0.6 is 0 Å². The highest BCUT2D eigenvalue weighted by Gasteiger charge is 2.16. The molecule has 0 aliphatic rings. The second kappa shape index (κ2) is 3.70. The Morgan fingerprint density at radius 2 is 2.27 bits per heavy atom. The Bertz CT molecular complexity index is 467. The number of nitrogen functional groups attached to an aromatic ring is 1. The molecule has 2 aromatic rings. The molecule has 0 unspecified atom stereocenters. The van der Waals surface area contributed by atoms with E-state index in [1.807, 2.05) is 0 Å². The summed E-state index contributed by atoms with van der Waals surface area (Å²) in [6, 6.07) is 0. The molecule has 2 aromatic heterocycles. The summed E-state index contributed by atoms with van der Waals surface area (Å²) >= 11 is 0. The second-order valence-corrected chi connectivity index (χ2v) is 2.54. The topological polar surface area (TPSA) is 120 Å². The first-order chi connectivity index (χ1) is 7.27. The third kappa shape index (κ3) is 1.88. The van der Waals surface area contributed by atoms with Crippen molar-refractivity contribution in [1.82, 2.24) is 20.3 Å². The number of aromatic nitrogens is 4. The fourth-order valence-corrected chi connectivity index (χ4v) is 0.892. The second-order valence-electron chi connectivity index (χ2n) is 2.54. The van der Waals surface area contributed by atoms with Gasteiger partial charge >= 0.3 is 0 Å². The fraction of sp³-hybridized carbons (Fsp3) is 0. The molecule has 0 spiro atoms. The summed E-state index contributed by atoms with van der Waals surface area (Å²) in [6.07, 6.45) is 4.32. The first-order valence-corrected chi connectivity index (χ1v) is 3.93. The van der Waals surface area contributed by atoms with E-state index in [1.54, 1.807) is 0 Å². The highest BCUT2D eigenvalue weighted by Crippen LogP contribution is 2.07. The maximum Gasteiger partial charge on any atom is 0.283 e. The van der Waals surface area contributed by atoms with Gasteiger partial charge < -0.3 is 11.1 Å². The summed E-state index contributed by atoms with van der Waals surface area (Å²) in [5.41, 5.74) is 5.25. The number of nitrogens with two attached hydrogens (primary N) is 1. The maximum absolute atomic E-state index is 11.5. The highest BCUT2D eigenvalue weighted by atomic mass is 16.6. The van der Waals surface area contributed by atoms with Gasteiger partial charge in [0.2, 0.25) is 11.5 Å². The molecule has 3 N–H and O–H groups in total. The van der Waals surface area contributed by atoms with E-state index < -0.39 is 5.91 Å². The van der Waals surface area contributed by atoms with E-state index >= 15 is 0 Å². The van der Waals surface area contributed by atoms with Gasteiger partial charge in [-0.05, 0) is 10.3 Å². The summed E-state index contributed by atoms with van der Waals surface area (Å²) in [4.78, 5) is 19.1. The van der Waals surface area contributed by atoms with E-state index in [9.17, 15) is 4.79 Å². The van der Waals surface area contributed by atoms with Crippen molar-refractivity contribution in [3.63, 3.8) is 0 Å². The number of nitrogens with zero attached hydrogens (tertiary/aromatic N) is 4. The van der Waals surface area contributed by atoms with Gasteiger partial charge in [-0.1, -0.05) is 0 Å². The molecule has 0 radical (unpaired) electrons. The number of rotatable bonds is 2. The normalized spacial score (nSPS) is 9.87. The molecule has 0 atom stereocenters. The number of carbonyl (C=O) groups excluding carboxylic acids is 1. The van der Waals surface area contributed by atoms with Crippen molar-refractivity contribution in [3.8, 4) is 0 Å². The van der Waals surface area contributed by atoms with E-state index in [0.717, 1.165) is 0 Å². The van der Waals surface area contributed by atoms with E-state index in [2.05, 4.69) is 30.2 Å². The van der Waals surface area contributed by atoms with Gasteiger partial charge in [-0.15, -0.1) is 0 Å². The lowest BCUT2D eigenvalue weighted by molar-refractivity contribution is 0.101. The predicted molar refractivity (Wildman–Crippen MR) is 48.7 cm³/mol. The predicted octanol–water partition coefficient (Wildman–Crippen LogP) is -0.306. The molecule has 8 nitrogen and oxygen atoms in total. The van der Waals surface area contributed by atoms with E-state index in [1.165, 1.54) is 18.6 Å². The van der Waals surface area contributed by atoms with Crippen molar-refractivity contribution in [2.24, 2.45) is 0 Å². The summed E-state index contributed by atoms with van der Waals surface area (Å²) < 4.78 is 4.28. The quantitative estimate of drug-likeness (QED) is 0.691. The van der Waals surface area contributed by atoms with Crippen LogP contribution in [0.5, 0.6) is 0 Å². The minimum Gasteiger partial charge on any atom is -0.379 e. The van der Waals surface area contributed by atoms with Crippen molar-refractivity contribution in [2.45, 2.75) is 0 Å². The van der Waals surface area contributed by atoms with Crippen LogP contribution in [0.3, 0.4) is 0 Å². The summed E-state index contributed by atoms with van der Waals surface area (Å²) in [6.45, 7) is 0. The maximum atomic E-state index is 11.5. The molecule has 76 valence electrons. The molecule has 2 heterocycles. The minimum atomic E-state index is -0.547. The van der Waals surface area contributed by atoms with E-state index in [0.29, 0.717) is 5.82 Å². The molecule has 0 aliphatic carbocycles. The van der Waals surface area contributed by atoms with Crippen molar-refractivity contribution in [2.75, 3.05) is 11.1 Å². The van der Waals surface area contributed by atoms with Crippen LogP contribution in [0.4, 0.5) is 11.6 Å². The lowest BCUT2D eigenvalue weighted by Gasteiger charge is -1.99. The van der Waals surface area contributed by atoms with E-state index in [-0.39, 0.29) is 11.5 Å². The standard InChI is InChI=1S/C7H6N6O2/c8-6-5(12-15-13-6)7(14)11-4-3-9-1-2-10-4/h1-3H,(H2,8,13)(H,10,11,14). The average Bonchev–Trinajstić information content (AvgIpc) is 2.66. The molecule has 1 amide bonds. The SMILES string of the molecule is Nc1nonc1C(=O)Nc1cnccn1. The van der Waals surface area contributed by atoms with Crippen LogP contribution in [0.1, 0.15) is 10.5 Å². The van der Waals surface area contributed by atoms with Crippen molar-refractivity contribution in [1.29, 1.82) is 0 Å². The molecular formula is C7H6N6O2. The summed E-state index contributed by atoms with van der Waals surface area (Å²) in [7, 11) is 0. The zero-order valence-electron chi connectivity index (χ0n) is 7.41. The van der Waals surface area contributed by atoms with Crippen LogP contribution in [-0.4, -0.2) is 26.2 Å². The van der Waals surface area contributed by atoms with Crippen molar-refractivity contribution < 1.29 is 9.42 Å². The highest BCUT2D eigenvalue weighted by molar-refractivity contribution is 6.04. The van der Waals surface area contributed by atoms with E-state index in [4.69, 9.17) is 5.73 Å². The Hall–Kier alpha value is -2.51. The smallest absolute Gasteiger partial charge is 0.283 e. The molecule has 0 saturated carbocycles. The van der Waals surface area contributed by atoms with Gasteiger partial charge in [0.05, 0.1) is 6.20 Å². The minimum absolute atomic E-state index is 0.0728. The van der Waals surface area contributed by atoms with Gasteiger partial charge in [0.15, 0.2) is 5.82 Å². The molecule has 15 heavy (non-hydrogen) atoms. The molecule has 0 fully saturated rings. The zero-order chi connectivity index (χ0) is 10.7. The fourth-order valence-electron chi connectivity index (χ4n) is 0.892. The molecule has 2 rings (SSSR count). The number of nitrogens with one attached hydrogen (secondary N) is 1. The number of hydrogen-bond acceptors (Lipinski definition) is 7. The molecule has 8 heteroatoms. The van der Waals surface area contributed by atoms with Gasteiger partial charge in [-0.3, -0.25) is 9.78 Å².